The zero-order chi connectivity index (χ0) is 22.3. The van der Waals surface area contributed by atoms with Crippen LogP contribution in [0.15, 0.2) is 42.5 Å². The fraction of sp³-hybridized carbons (Fsp3) is 0.417. The van der Waals surface area contributed by atoms with Crippen molar-refractivity contribution in [2.24, 2.45) is 0 Å². The van der Waals surface area contributed by atoms with Crippen molar-refractivity contribution < 1.29 is 19.0 Å². The monoisotopic (exact) mass is 455 g/mol. The Morgan fingerprint density at radius 2 is 1.91 bits per heavy atom. The third-order valence-corrected chi connectivity index (χ3v) is 6.47. The number of carbonyl (C=O) groups is 1. The van der Waals surface area contributed by atoms with Gasteiger partial charge in [0.15, 0.2) is 5.13 Å². The van der Waals surface area contributed by atoms with Gasteiger partial charge in [-0.1, -0.05) is 11.3 Å². The van der Waals surface area contributed by atoms with Crippen molar-refractivity contribution in [1.82, 2.24) is 9.88 Å². The SMILES string of the molecule is CCOc1ccc(C(=O)N(CCCN2CCOCC2)c2nc3ccc(OC)cc3s2)cc1. The third-order valence-electron chi connectivity index (χ3n) is 5.43. The minimum absolute atomic E-state index is 0.0546. The Bertz CT molecular complexity index is 1030. The molecular formula is C24H29N3O4S. The minimum Gasteiger partial charge on any atom is -0.497 e. The summed E-state index contributed by atoms with van der Waals surface area (Å²) < 4.78 is 17.3. The predicted octanol–water partition coefficient (Wildman–Crippen LogP) is 4.07. The first kappa shape index (κ1) is 22.5. The lowest BCUT2D eigenvalue weighted by atomic mass is 10.2. The molecule has 1 amide bonds. The van der Waals surface area contributed by atoms with Crippen molar-refractivity contribution in [1.29, 1.82) is 0 Å². The van der Waals surface area contributed by atoms with E-state index in [-0.39, 0.29) is 5.91 Å². The number of benzene rings is 2. The number of rotatable bonds is 9. The Kier molecular flexibility index (Phi) is 7.57. The second-order valence-corrected chi connectivity index (χ2v) is 8.56. The Hall–Kier alpha value is -2.68. The summed E-state index contributed by atoms with van der Waals surface area (Å²) in [4.78, 5) is 22.4. The normalized spacial score (nSPS) is 14.4. The fourth-order valence-electron chi connectivity index (χ4n) is 3.71. The quantitative estimate of drug-likeness (QED) is 0.485. The van der Waals surface area contributed by atoms with Gasteiger partial charge in [0, 0.05) is 31.7 Å². The number of thiazole rings is 1. The number of morpholine rings is 1. The second-order valence-electron chi connectivity index (χ2n) is 7.55. The first-order valence-electron chi connectivity index (χ1n) is 11.0. The van der Waals surface area contributed by atoms with Gasteiger partial charge in [-0.2, -0.15) is 0 Å². The van der Waals surface area contributed by atoms with E-state index in [4.69, 9.17) is 19.2 Å². The maximum atomic E-state index is 13.5. The second kappa shape index (κ2) is 10.8. The van der Waals surface area contributed by atoms with E-state index >= 15 is 0 Å². The molecular weight excluding hydrogens is 426 g/mol. The Labute approximate surface area is 192 Å². The number of methoxy groups -OCH3 is 1. The Morgan fingerprint density at radius 1 is 1.16 bits per heavy atom. The highest BCUT2D eigenvalue weighted by Crippen LogP contribution is 2.32. The first-order chi connectivity index (χ1) is 15.7. The molecule has 0 atom stereocenters. The van der Waals surface area contributed by atoms with Gasteiger partial charge >= 0.3 is 0 Å². The van der Waals surface area contributed by atoms with Crippen LogP contribution in [0.4, 0.5) is 5.13 Å². The van der Waals surface area contributed by atoms with E-state index in [2.05, 4.69) is 4.90 Å². The summed E-state index contributed by atoms with van der Waals surface area (Å²) in [5.74, 6) is 1.49. The lowest BCUT2D eigenvalue weighted by Gasteiger charge is -2.27. The summed E-state index contributed by atoms with van der Waals surface area (Å²) in [7, 11) is 1.65. The molecule has 32 heavy (non-hydrogen) atoms. The van der Waals surface area contributed by atoms with Gasteiger partial charge in [-0.15, -0.1) is 0 Å². The number of carbonyl (C=O) groups excluding carboxylic acids is 1. The largest absolute Gasteiger partial charge is 0.497 e. The molecule has 2 aromatic carbocycles. The number of amides is 1. The molecule has 1 fully saturated rings. The van der Waals surface area contributed by atoms with E-state index in [1.165, 1.54) is 11.3 Å². The summed E-state index contributed by atoms with van der Waals surface area (Å²) in [5.41, 5.74) is 1.49. The molecule has 1 aromatic heterocycles. The molecule has 0 saturated carbocycles. The van der Waals surface area contributed by atoms with Crippen LogP contribution in [0.3, 0.4) is 0 Å². The van der Waals surface area contributed by atoms with Gasteiger partial charge in [-0.05, 0) is 55.8 Å². The van der Waals surface area contributed by atoms with Gasteiger partial charge in [0.05, 0.1) is 37.1 Å². The van der Waals surface area contributed by atoms with Crippen LogP contribution >= 0.6 is 11.3 Å². The maximum Gasteiger partial charge on any atom is 0.260 e. The van der Waals surface area contributed by atoms with Crippen molar-refractivity contribution in [3.05, 3.63) is 48.0 Å². The van der Waals surface area contributed by atoms with Crippen molar-refractivity contribution in [2.45, 2.75) is 13.3 Å². The number of hydrogen-bond acceptors (Lipinski definition) is 7. The van der Waals surface area contributed by atoms with Crippen LogP contribution < -0.4 is 14.4 Å². The molecule has 2 heterocycles. The standard InChI is InChI=1S/C24H29N3O4S/c1-3-31-19-7-5-18(6-8-19)23(28)27(12-4-11-26-13-15-30-16-14-26)24-25-21-10-9-20(29-2)17-22(21)32-24/h5-10,17H,3-4,11-16H2,1-2H3. The van der Waals surface area contributed by atoms with E-state index in [0.717, 1.165) is 61.0 Å². The Morgan fingerprint density at radius 3 is 2.62 bits per heavy atom. The molecule has 0 unspecified atom stereocenters. The highest BCUT2D eigenvalue weighted by molar-refractivity contribution is 7.22. The zero-order valence-corrected chi connectivity index (χ0v) is 19.4. The third kappa shape index (κ3) is 5.38. The molecule has 0 aliphatic carbocycles. The number of ether oxygens (including phenoxy) is 3. The average Bonchev–Trinajstić information content (AvgIpc) is 3.25. The molecule has 3 aromatic rings. The van der Waals surface area contributed by atoms with E-state index in [1.807, 2.05) is 49.4 Å². The maximum absolute atomic E-state index is 13.5. The van der Waals surface area contributed by atoms with Crippen LogP contribution in [0.5, 0.6) is 11.5 Å². The van der Waals surface area contributed by atoms with E-state index in [0.29, 0.717) is 23.8 Å². The van der Waals surface area contributed by atoms with Crippen LogP contribution in [-0.2, 0) is 4.74 Å². The fourth-order valence-corrected chi connectivity index (χ4v) is 4.73. The molecule has 170 valence electrons. The lowest BCUT2D eigenvalue weighted by Crippen LogP contribution is -2.39. The number of anilines is 1. The number of aromatic nitrogens is 1. The topological polar surface area (TPSA) is 64.1 Å². The average molecular weight is 456 g/mol. The summed E-state index contributed by atoms with van der Waals surface area (Å²) in [6, 6.07) is 13.1. The molecule has 1 aliphatic heterocycles. The van der Waals surface area contributed by atoms with Crippen LogP contribution in [0.25, 0.3) is 10.2 Å². The van der Waals surface area contributed by atoms with Gasteiger partial charge in [0.1, 0.15) is 11.5 Å². The van der Waals surface area contributed by atoms with Crippen LogP contribution in [0.1, 0.15) is 23.7 Å². The highest BCUT2D eigenvalue weighted by Gasteiger charge is 2.22. The number of hydrogen-bond donors (Lipinski definition) is 0. The molecule has 7 nitrogen and oxygen atoms in total. The van der Waals surface area contributed by atoms with Crippen molar-refractivity contribution in [2.75, 3.05) is 58.0 Å². The van der Waals surface area contributed by atoms with Crippen molar-refractivity contribution in [3.63, 3.8) is 0 Å². The zero-order valence-electron chi connectivity index (χ0n) is 18.6. The predicted molar refractivity (Wildman–Crippen MR) is 127 cm³/mol. The molecule has 4 rings (SSSR count). The molecule has 8 heteroatoms. The minimum atomic E-state index is -0.0546. The smallest absolute Gasteiger partial charge is 0.260 e. The van der Waals surface area contributed by atoms with E-state index in [1.54, 1.807) is 12.0 Å². The molecule has 0 N–H and O–H groups in total. The summed E-state index contributed by atoms with van der Waals surface area (Å²) in [6.45, 7) is 7.48. The van der Waals surface area contributed by atoms with Crippen LogP contribution in [0, 0.1) is 0 Å². The van der Waals surface area contributed by atoms with Gasteiger partial charge in [0.25, 0.3) is 5.91 Å². The van der Waals surface area contributed by atoms with Gasteiger partial charge < -0.3 is 14.2 Å². The lowest BCUT2D eigenvalue weighted by molar-refractivity contribution is 0.0376. The van der Waals surface area contributed by atoms with E-state index in [9.17, 15) is 4.79 Å². The van der Waals surface area contributed by atoms with E-state index < -0.39 is 0 Å². The highest BCUT2D eigenvalue weighted by atomic mass is 32.1. The van der Waals surface area contributed by atoms with Gasteiger partial charge in [0.2, 0.25) is 0 Å². The molecule has 0 spiro atoms. The molecule has 0 bridgehead atoms. The summed E-state index contributed by atoms with van der Waals surface area (Å²) in [5, 5.41) is 0.703. The van der Waals surface area contributed by atoms with Crippen LogP contribution in [0.2, 0.25) is 0 Å². The van der Waals surface area contributed by atoms with Gasteiger partial charge in [-0.3, -0.25) is 14.6 Å². The van der Waals surface area contributed by atoms with Crippen LogP contribution in [-0.4, -0.2) is 68.9 Å². The van der Waals surface area contributed by atoms with Crippen molar-refractivity contribution >= 4 is 32.6 Å². The Balaban J connectivity index is 1.56. The summed E-state index contributed by atoms with van der Waals surface area (Å²) in [6.07, 6.45) is 0.863. The molecule has 1 saturated heterocycles. The first-order valence-corrected chi connectivity index (χ1v) is 11.8. The molecule has 1 aliphatic rings. The van der Waals surface area contributed by atoms with Crippen molar-refractivity contribution in [3.8, 4) is 11.5 Å². The van der Waals surface area contributed by atoms with Gasteiger partial charge in [-0.25, -0.2) is 4.98 Å². The molecule has 0 radical (unpaired) electrons. The summed E-state index contributed by atoms with van der Waals surface area (Å²) >= 11 is 1.51. The number of nitrogens with zero attached hydrogens (tertiary/aromatic N) is 3. The number of fused-ring (bicyclic) bond motifs is 1.